The van der Waals surface area contributed by atoms with Crippen molar-refractivity contribution in [2.45, 2.75) is 19.4 Å². The molecule has 0 aliphatic carbocycles. The smallest absolute Gasteiger partial charge is 0.335 e. The molecule has 0 unspecified atom stereocenters. The first-order valence-electron chi connectivity index (χ1n) is 8.39. The molecule has 0 aromatic heterocycles. The predicted molar refractivity (Wildman–Crippen MR) is 101 cm³/mol. The topological polar surface area (TPSA) is 75.7 Å². The Balaban J connectivity index is 1.71. The Morgan fingerprint density at radius 1 is 1.19 bits per heavy atom. The molecule has 2 aromatic carbocycles. The van der Waals surface area contributed by atoms with E-state index in [1.165, 1.54) is 12.1 Å². The van der Waals surface area contributed by atoms with E-state index in [-0.39, 0.29) is 11.7 Å². The zero-order chi connectivity index (χ0) is 19.1. The number of amides is 4. The van der Waals surface area contributed by atoms with Crippen molar-refractivity contribution in [3.8, 4) is 5.75 Å². The average molecular weight is 383 g/mol. The second-order valence-corrected chi connectivity index (χ2v) is 6.87. The number of nitrogens with zero attached hydrogens (tertiary/aromatic N) is 1. The molecule has 2 aliphatic heterocycles. The van der Waals surface area contributed by atoms with Crippen LogP contribution in [0.15, 0.2) is 48.0 Å². The molecule has 0 spiro atoms. The van der Waals surface area contributed by atoms with Crippen molar-refractivity contribution in [2.75, 3.05) is 4.90 Å². The molecule has 2 heterocycles. The van der Waals surface area contributed by atoms with Crippen LogP contribution in [-0.2, 0) is 16.0 Å². The Morgan fingerprint density at radius 2 is 2.00 bits per heavy atom. The number of halogens is 1. The Hall–Kier alpha value is -3.12. The first-order chi connectivity index (χ1) is 12.9. The number of nitrogens with one attached hydrogen (secondary N) is 1. The van der Waals surface area contributed by atoms with E-state index in [2.05, 4.69) is 5.32 Å². The fraction of sp³-hybridized carbons (Fsp3) is 0.150. The number of rotatable bonds is 2. The van der Waals surface area contributed by atoms with E-state index in [9.17, 15) is 14.4 Å². The van der Waals surface area contributed by atoms with E-state index in [0.29, 0.717) is 16.3 Å². The van der Waals surface area contributed by atoms with Gasteiger partial charge in [-0.05, 0) is 54.5 Å². The van der Waals surface area contributed by atoms with Gasteiger partial charge < -0.3 is 4.74 Å². The molecule has 2 aliphatic rings. The molecule has 2 aromatic rings. The van der Waals surface area contributed by atoms with E-state index in [0.717, 1.165) is 22.6 Å². The van der Waals surface area contributed by atoms with Crippen LogP contribution in [0.1, 0.15) is 18.1 Å². The van der Waals surface area contributed by atoms with Gasteiger partial charge in [-0.2, -0.15) is 0 Å². The SMILES string of the molecule is C[C@H]1Cc2cc(/C=C3\C(=O)NC(=O)N(c4cccc(Cl)c4)C3=O)ccc2O1. The molecule has 1 atom stereocenters. The molecule has 6 nitrogen and oxygen atoms in total. The summed E-state index contributed by atoms with van der Waals surface area (Å²) < 4.78 is 5.66. The summed E-state index contributed by atoms with van der Waals surface area (Å²) in [5.74, 6) is -0.621. The lowest BCUT2D eigenvalue weighted by atomic mass is 10.0. The van der Waals surface area contributed by atoms with E-state index >= 15 is 0 Å². The van der Waals surface area contributed by atoms with E-state index in [1.54, 1.807) is 24.3 Å². The fourth-order valence-corrected chi connectivity index (χ4v) is 3.39. The lowest BCUT2D eigenvalue weighted by Crippen LogP contribution is -2.54. The third-order valence-corrected chi connectivity index (χ3v) is 4.63. The molecule has 4 amide bonds. The Labute approximate surface area is 160 Å². The fourth-order valence-electron chi connectivity index (χ4n) is 3.21. The van der Waals surface area contributed by atoms with Crippen molar-refractivity contribution in [3.63, 3.8) is 0 Å². The highest BCUT2D eigenvalue weighted by molar-refractivity contribution is 6.39. The molecule has 4 rings (SSSR count). The number of barbiturate groups is 1. The van der Waals surface area contributed by atoms with Crippen LogP contribution in [0.25, 0.3) is 6.08 Å². The van der Waals surface area contributed by atoms with Gasteiger partial charge in [-0.1, -0.05) is 23.7 Å². The number of carbonyl (C=O) groups excluding carboxylic acids is 3. The number of fused-ring (bicyclic) bond motifs is 1. The number of anilines is 1. The number of urea groups is 1. The predicted octanol–water partition coefficient (Wildman–Crippen LogP) is 3.33. The molecule has 0 saturated carbocycles. The van der Waals surface area contributed by atoms with Gasteiger partial charge in [-0.25, -0.2) is 9.69 Å². The van der Waals surface area contributed by atoms with Crippen LogP contribution in [0, 0.1) is 0 Å². The largest absolute Gasteiger partial charge is 0.490 e. The maximum atomic E-state index is 12.9. The van der Waals surface area contributed by atoms with Crippen molar-refractivity contribution < 1.29 is 19.1 Å². The first kappa shape index (κ1) is 17.3. The van der Waals surface area contributed by atoms with Gasteiger partial charge in [0.1, 0.15) is 17.4 Å². The normalized spacial score (nSPS) is 20.5. The second-order valence-electron chi connectivity index (χ2n) is 6.44. The minimum Gasteiger partial charge on any atom is -0.490 e. The third-order valence-electron chi connectivity index (χ3n) is 4.40. The lowest BCUT2D eigenvalue weighted by Gasteiger charge is -2.26. The maximum Gasteiger partial charge on any atom is 0.335 e. The standard InChI is InChI=1S/C20H15ClN2O4/c1-11-7-13-8-12(5-6-17(13)27-11)9-16-18(24)22-20(26)23(19(16)25)15-4-2-3-14(21)10-15/h2-6,8-11H,7H2,1H3,(H,22,24,26)/b16-9+/t11-/m0/s1. The van der Waals surface area contributed by atoms with Gasteiger partial charge in [-0.15, -0.1) is 0 Å². The summed E-state index contributed by atoms with van der Waals surface area (Å²) in [4.78, 5) is 38.2. The number of hydrogen-bond donors (Lipinski definition) is 1. The number of ether oxygens (including phenoxy) is 1. The van der Waals surface area contributed by atoms with Gasteiger partial charge >= 0.3 is 6.03 Å². The molecule has 1 fully saturated rings. The van der Waals surface area contributed by atoms with E-state index in [4.69, 9.17) is 16.3 Å². The van der Waals surface area contributed by atoms with Gasteiger partial charge in [0.05, 0.1) is 5.69 Å². The molecule has 27 heavy (non-hydrogen) atoms. The zero-order valence-electron chi connectivity index (χ0n) is 14.4. The molecule has 1 saturated heterocycles. The van der Waals surface area contributed by atoms with Crippen LogP contribution >= 0.6 is 11.6 Å². The van der Waals surface area contributed by atoms with Crippen molar-refractivity contribution in [2.24, 2.45) is 0 Å². The van der Waals surface area contributed by atoms with Gasteiger partial charge in [0.2, 0.25) is 0 Å². The van der Waals surface area contributed by atoms with Crippen molar-refractivity contribution in [3.05, 3.63) is 64.2 Å². The lowest BCUT2D eigenvalue weighted by molar-refractivity contribution is -0.122. The Morgan fingerprint density at radius 3 is 2.78 bits per heavy atom. The minimum absolute atomic E-state index is 0.0958. The number of benzene rings is 2. The quantitative estimate of drug-likeness (QED) is 0.638. The Kier molecular flexibility index (Phi) is 4.20. The summed E-state index contributed by atoms with van der Waals surface area (Å²) in [5, 5.41) is 2.58. The molecular formula is C20H15ClN2O4. The molecule has 0 bridgehead atoms. The third kappa shape index (κ3) is 3.19. The first-order valence-corrected chi connectivity index (χ1v) is 8.77. The van der Waals surface area contributed by atoms with E-state index in [1.807, 2.05) is 19.1 Å². The molecule has 136 valence electrons. The van der Waals surface area contributed by atoms with Gasteiger partial charge in [0.15, 0.2) is 0 Å². The number of imide groups is 2. The van der Waals surface area contributed by atoms with Crippen molar-refractivity contribution in [1.82, 2.24) is 5.32 Å². The minimum atomic E-state index is -0.805. The van der Waals surface area contributed by atoms with Crippen LogP contribution < -0.4 is 15.0 Å². The summed E-state index contributed by atoms with van der Waals surface area (Å²) in [7, 11) is 0. The Bertz CT molecular complexity index is 1010. The van der Waals surface area contributed by atoms with Crippen molar-refractivity contribution in [1.29, 1.82) is 0 Å². The van der Waals surface area contributed by atoms with Gasteiger partial charge in [0.25, 0.3) is 11.8 Å². The zero-order valence-corrected chi connectivity index (χ0v) is 15.1. The number of hydrogen-bond acceptors (Lipinski definition) is 4. The highest BCUT2D eigenvalue weighted by Crippen LogP contribution is 2.30. The van der Waals surface area contributed by atoms with E-state index < -0.39 is 17.8 Å². The summed E-state index contributed by atoms with van der Waals surface area (Å²) in [6, 6.07) is 11.0. The highest BCUT2D eigenvalue weighted by Gasteiger charge is 2.37. The van der Waals surface area contributed by atoms with Crippen LogP contribution in [0.5, 0.6) is 5.75 Å². The number of carbonyl (C=O) groups is 3. The summed E-state index contributed by atoms with van der Waals surface area (Å²) in [5.41, 5.74) is 1.87. The van der Waals surface area contributed by atoms with Crippen LogP contribution in [0.3, 0.4) is 0 Å². The van der Waals surface area contributed by atoms with Crippen molar-refractivity contribution >= 4 is 41.2 Å². The molecule has 1 N–H and O–H groups in total. The molecular weight excluding hydrogens is 368 g/mol. The van der Waals surface area contributed by atoms with Crippen LogP contribution in [-0.4, -0.2) is 23.9 Å². The molecule has 7 heteroatoms. The average Bonchev–Trinajstić information content (AvgIpc) is 2.98. The van der Waals surface area contributed by atoms with Gasteiger partial charge in [0, 0.05) is 11.4 Å². The van der Waals surface area contributed by atoms with Crippen LogP contribution in [0.2, 0.25) is 5.02 Å². The summed E-state index contributed by atoms with van der Waals surface area (Å²) in [6.07, 6.45) is 2.34. The molecule has 0 radical (unpaired) electrons. The maximum absolute atomic E-state index is 12.9. The highest BCUT2D eigenvalue weighted by atomic mass is 35.5. The second kappa shape index (κ2) is 6.55. The van der Waals surface area contributed by atoms with Gasteiger partial charge in [-0.3, -0.25) is 14.9 Å². The summed E-state index contributed by atoms with van der Waals surface area (Å²) >= 11 is 5.96. The summed E-state index contributed by atoms with van der Waals surface area (Å²) in [6.45, 7) is 1.98. The monoisotopic (exact) mass is 382 g/mol. The van der Waals surface area contributed by atoms with Crippen LogP contribution in [0.4, 0.5) is 10.5 Å².